The molecule has 4 nitrogen and oxygen atoms in total. The van der Waals surface area contributed by atoms with Gasteiger partial charge in [0.25, 0.3) is 0 Å². The van der Waals surface area contributed by atoms with Crippen molar-refractivity contribution in [3.63, 3.8) is 0 Å². The number of hydrogen-bond acceptors (Lipinski definition) is 3. The number of hydrogen-bond donors (Lipinski definition) is 1. The second-order valence-corrected chi connectivity index (χ2v) is 5.82. The maximum absolute atomic E-state index is 11.4. The molecule has 0 bridgehead atoms. The van der Waals surface area contributed by atoms with Crippen molar-refractivity contribution in [1.82, 2.24) is 0 Å². The maximum Gasteiger partial charge on any atom is 0.336 e. The van der Waals surface area contributed by atoms with Gasteiger partial charge in [0.2, 0.25) is 0 Å². The molecule has 0 atom stereocenters. The first-order valence-electron chi connectivity index (χ1n) is 7.73. The van der Waals surface area contributed by atoms with Gasteiger partial charge in [0.05, 0.1) is 13.1 Å². The third-order valence-corrected chi connectivity index (χ3v) is 4.21. The number of rotatable bonds is 4. The number of aryl methyl sites for hydroxylation is 1. The van der Waals surface area contributed by atoms with E-state index in [1.54, 1.807) is 4.90 Å². The summed E-state index contributed by atoms with van der Waals surface area (Å²) in [4.78, 5) is 13.1. The van der Waals surface area contributed by atoms with Crippen LogP contribution in [0.4, 0.5) is 0 Å². The van der Waals surface area contributed by atoms with Gasteiger partial charge in [0.15, 0.2) is 0 Å². The van der Waals surface area contributed by atoms with Crippen LogP contribution in [0, 0.1) is 6.92 Å². The fourth-order valence-electron chi connectivity index (χ4n) is 3.01. The van der Waals surface area contributed by atoms with Crippen molar-refractivity contribution in [3.05, 3.63) is 40.2 Å². The Balaban J connectivity index is 0.00000176. The zero-order valence-electron chi connectivity index (χ0n) is 12.9. The van der Waals surface area contributed by atoms with Gasteiger partial charge in [-0.3, -0.25) is 0 Å². The molecule has 2 aromatic rings. The van der Waals surface area contributed by atoms with Crippen LogP contribution in [-0.4, -0.2) is 26.2 Å². The van der Waals surface area contributed by atoms with Crippen LogP contribution in [0.5, 0.6) is 5.75 Å². The molecule has 22 heavy (non-hydrogen) atoms. The molecule has 1 aromatic carbocycles. The van der Waals surface area contributed by atoms with Crippen molar-refractivity contribution in [2.45, 2.75) is 26.2 Å². The van der Waals surface area contributed by atoms with Crippen molar-refractivity contribution >= 4 is 11.0 Å². The summed E-state index contributed by atoms with van der Waals surface area (Å²) >= 11 is 0. The van der Waals surface area contributed by atoms with Gasteiger partial charge in [-0.15, -0.1) is 0 Å². The molecule has 1 N–H and O–H groups in total. The lowest BCUT2D eigenvalue weighted by atomic mass is 10.1. The van der Waals surface area contributed by atoms with E-state index in [4.69, 9.17) is 9.15 Å². The molecule has 1 aliphatic heterocycles. The highest BCUT2D eigenvalue weighted by molar-refractivity contribution is 5.81. The molecule has 0 unspecified atom stereocenters. The second-order valence-electron chi connectivity index (χ2n) is 5.82. The predicted octanol–water partition coefficient (Wildman–Crippen LogP) is -1.45. The van der Waals surface area contributed by atoms with Gasteiger partial charge in [-0.25, -0.2) is 4.79 Å². The largest absolute Gasteiger partial charge is 1.00 e. The summed E-state index contributed by atoms with van der Waals surface area (Å²) in [5.74, 6) is 0.771. The van der Waals surface area contributed by atoms with E-state index in [1.807, 2.05) is 25.1 Å². The molecular formula is C17H22ClNO3. The third kappa shape index (κ3) is 4.02. The Hall–Kier alpha value is -1.52. The number of piperidine rings is 1. The van der Waals surface area contributed by atoms with Crippen LogP contribution in [0.3, 0.4) is 0 Å². The number of quaternary nitrogens is 1. The van der Waals surface area contributed by atoms with E-state index in [2.05, 4.69) is 0 Å². The molecule has 0 radical (unpaired) electrons. The van der Waals surface area contributed by atoms with Crippen molar-refractivity contribution < 1.29 is 26.5 Å². The van der Waals surface area contributed by atoms with Gasteiger partial charge in [0.1, 0.15) is 24.5 Å². The highest BCUT2D eigenvalue weighted by Gasteiger charge is 2.13. The topological polar surface area (TPSA) is 43.9 Å². The standard InChI is InChI=1S/C17H21NO3.ClH/c1-13-11-17(19)21-16-12-14(5-6-15(13)16)20-10-9-18-7-3-2-4-8-18;/h5-6,11-12H,2-4,7-10H2,1H3;1H. The number of likely N-dealkylation sites (tertiary alicyclic amines) is 1. The minimum Gasteiger partial charge on any atom is -1.00 e. The Morgan fingerprint density at radius 3 is 2.73 bits per heavy atom. The minimum atomic E-state index is -0.310. The molecule has 1 aromatic heterocycles. The van der Waals surface area contributed by atoms with Crippen LogP contribution in [0.25, 0.3) is 11.0 Å². The lowest BCUT2D eigenvalue weighted by Gasteiger charge is -2.23. The molecule has 2 heterocycles. The first-order valence-corrected chi connectivity index (χ1v) is 7.73. The highest BCUT2D eigenvalue weighted by Crippen LogP contribution is 2.21. The zero-order chi connectivity index (χ0) is 14.7. The van der Waals surface area contributed by atoms with Crippen molar-refractivity contribution in [2.75, 3.05) is 26.2 Å². The van der Waals surface area contributed by atoms with E-state index >= 15 is 0 Å². The molecule has 1 fully saturated rings. The average molecular weight is 324 g/mol. The summed E-state index contributed by atoms with van der Waals surface area (Å²) in [5.41, 5.74) is 1.23. The van der Waals surface area contributed by atoms with Crippen molar-refractivity contribution in [2.24, 2.45) is 0 Å². The molecule has 120 valence electrons. The van der Waals surface area contributed by atoms with E-state index in [1.165, 1.54) is 38.4 Å². The third-order valence-electron chi connectivity index (χ3n) is 4.21. The molecular weight excluding hydrogens is 302 g/mol. The fourth-order valence-corrected chi connectivity index (χ4v) is 3.01. The Bertz CT molecular complexity index is 677. The maximum atomic E-state index is 11.4. The molecule has 1 saturated heterocycles. The summed E-state index contributed by atoms with van der Waals surface area (Å²) in [7, 11) is 0. The predicted molar refractivity (Wildman–Crippen MR) is 82.1 cm³/mol. The van der Waals surface area contributed by atoms with E-state index < -0.39 is 0 Å². The summed E-state index contributed by atoms with van der Waals surface area (Å²) in [6.45, 7) is 6.18. The number of nitrogens with one attached hydrogen (secondary N) is 1. The molecule has 5 heteroatoms. The summed E-state index contributed by atoms with van der Waals surface area (Å²) in [5, 5.41) is 0.962. The number of ether oxygens (including phenoxy) is 1. The summed E-state index contributed by atoms with van der Waals surface area (Å²) in [6, 6.07) is 7.23. The van der Waals surface area contributed by atoms with Crippen molar-refractivity contribution in [3.8, 4) is 5.75 Å². The van der Waals surface area contributed by atoms with Crippen LogP contribution >= 0.6 is 0 Å². The highest BCUT2D eigenvalue weighted by atomic mass is 35.5. The van der Waals surface area contributed by atoms with Crippen LogP contribution in [-0.2, 0) is 0 Å². The Kier molecular flexibility index (Phi) is 5.86. The number of halogens is 1. The first-order chi connectivity index (χ1) is 10.2. The lowest BCUT2D eigenvalue weighted by Crippen LogP contribution is -3.13. The van der Waals surface area contributed by atoms with E-state index in [-0.39, 0.29) is 18.0 Å². The fraction of sp³-hybridized carbons (Fsp3) is 0.471. The molecule has 0 aliphatic carbocycles. The normalized spacial score (nSPS) is 15.5. The molecule has 0 saturated carbocycles. The second kappa shape index (κ2) is 7.65. The van der Waals surface area contributed by atoms with Gasteiger partial charge in [-0.05, 0) is 43.9 Å². The van der Waals surface area contributed by atoms with Gasteiger partial charge in [-0.2, -0.15) is 0 Å². The van der Waals surface area contributed by atoms with Crippen molar-refractivity contribution in [1.29, 1.82) is 0 Å². The monoisotopic (exact) mass is 323 g/mol. The quantitative estimate of drug-likeness (QED) is 0.701. The summed E-state index contributed by atoms with van der Waals surface area (Å²) < 4.78 is 11.1. The van der Waals surface area contributed by atoms with Gasteiger partial charge in [0, 0.05) is 17.5 Å². The molecule has 0 amide bonds. The van der Waals surface area contributed by atoms with Crippen LogP contribution < -0.4 is 27.7 Å². The SMILES string of the molecule is Cc1cc(=O)oc2cc(OCC[NH+]3CCCCC3)ccc12.[Cl-]. The number of fused-ring (bicyclic) bond motifs is 1. The smallest absolute Gasteiger partial charge is 0.336 e. The molecule has 3 rings (SSSR count). The van der Waals surface area contributed by atoms with Crippen LogP contribution in [0.15, 0.2) is 33.5 Å². The van der Waals surface area contributed by atoms with Gasteiger partial charge < -0.3 is 26.5 Å². The molecule has 1 aliphatic rings. The van der Waals surface area contributed by atoms with E-state index in [0.717, 1.165) is 23.2 Å². The summed E-state index contributed by atoms with van der Waals surface area (Å²) in [6.07, 6.45) is 4.03. The Morgan fingerprint density at radius 1 is 1.18 bits per heavy atom. The first kappa shape index (κ1) is 16.8. The zero-order valence-corrected chi connectivity index (χ0v) is 13.6. The van der Waals surface area contributed by atoms with E-state index in [0.29, 0.717) is 12.2 Å². The minimum absolute atomic E-state index is 0. The van der Waals surface area contributed by atoms with Crippen LogP contribution in [0.2, 0.25) is 0 Å². The lowest BCUT2D eigenvalue weighted by molar-refractivity contribution is -0.904. The van der Waals surface area contributed by atoms with Gasteiger partial charge in [-0.1, -0.05) is 0 Å². The Morgan fingerprint density at radius 2 is 1.95 bits per heavy atom. The average Bonchev–Trinajstić information content (AvgIpc) is 2.48. The van der Waals surface area contributed by atoms with Crippen LogP contribution in [0.1, 0.15) is 24.8 Å². The number of benzene rings is 1. The molecule has 0 spiro atoms. The van der Waals surface area contributed by atoms with Gasteiger partial charge >= 0.3 is 5.63 Å². The van der Waals surface area contributed by atoms with E-state index in [9.17, 15) is 4.79 Å². The Labute approximate surface area is 136 Å².